The lowest BCUT2D eigenvalue weighted by atomic mass is 9.94. The first-order valence-electron chi connectivity index (χ1n) is 7.38. The number of fused-ring (bicyclic) bond motifs is 1. The fourth-order valence-corrected chi connectivity index (χ4v) is 2.68. The molecule has 0 fully saturated rings. The lowest BCUT2D eigenvalue weighted by Gasteiger charge is -2.10. The van der Waals surface area contributed by atoms with Crippen LogP contribution in [0.25, 0.3) is 0 Å². The number of rotatable bonds is 2. The summed E-state index contributed by atoms with van der Waals surface area (Å²) in [5.74, 6) is -0.405. The van der Waals surface area contributed by atoms with Gasteiger partial charge in [-0.25, -0.2) is 4.39 Å². The number of Topliss-reactive ketones (excluding diaryl/α,β-unsaturated/α-hetero) is 1. The molecule has 2 aromatic rings. The Bertz CT molecular complexity index is 822. The van der Waals surface area contributed by atoms with Gasteiger partial charge in [-0.05, 0) is 12.1 Å². The van der Waals surface area contributed by atoms with Crippen molar-refractivity contribution in [2.45, 2.75) is 0 Å². The zero-order chi connectivity index (χ0) is 16.4. The van der Waals surface area contributed by atoms with Crippen molar-refractivity contribution in [3.8, 4) is 0 Å². The Morgan fingerprint density at radius 1 is 1.00 bits per heavy atom. The van der Waals surface area contributed by atoms with Gasteiger partial charge in [-0.3, -0.25) is 9.79 Å². The summed E-state index contributed by atoms with van der Waals surface area (Å²) in [7, 11) is 3.72. The molecular weight excluding hydrogens is 291 g/mol. The summed E-state index contributed by atoms with van der Waals surface area (Å²) in [4.78, 5) is 19.1. The van der Waals surface area contributed by atoms with Crippen LogP contribution in [-0.2, 0) is 0 Å². The minimum Gasteiger partial charge on any atom is -0.383 e. The van der Waals surface area contributed by atoms with E-state index in [1.165, 1.54) is 6.07 Å². The van der Waals surface area contributed by atoms with Crippen LogP contribution in [-0.4, -0.2) is 37.0 Å². The smallest absolute Gasteiger partial charge is 0.193 e. The van der Waals surface area contributed by atoms with Gasteiger partial charge in [0.1, 0.15) is 5.82 Å². The summed E-state index contributed by atoms with van der Waals surface area (Å²) in [6.45, 7) is 0.232. The maximum atomic E-state index is 14.2. The molecule has 0 aliphatic carbocycles. The Morgan fingerprint density at radius 2 is 1.61 bits per heavy atom. The van der Waals surface area contributed by atoms with Crippen molar-refractivity contribution in [2.75, 3.05) is 20.6 Å². The number of hydrogen-bond donors (Lipinski definition) is 0. The molecule has 1 aliphatic heterocycles. The second-order valence-electron chi connectivity index (χ2n) is 5.64. The van der Waals surface area contributed by atoms with Crippen molar-refractivity contribution in [2.24, 2.45) is 4.99 Å². The Morgan fingerprint density at radius 3 is 2.26 bits per heavy atom. The van der Waals surface area contributed by atoms with Gasteiger partial charge in [0, 0.05) is 42.6 Å². The third-order valence-corrected chi connectivity index (χ3v) is 3.67. The molecule has 0 saturated carbocycles. The number of aliphatic imine (C=N–C) groups is 1. The lowest BCUT2D eigenvalue weighted by Crippen LogP contribution is -2.12. The van der Waals surface area contributed by atoms with E-state index in [4.69, 9.17) is 0 Å². The number of carbonyl (C=O) groups is 1. The van der Waals surface area contributed by atoms with Gasteiger partial charge in [-0.15, -0.1) is 0 Å². The zero-order valence-corrected chi connectivity index (χ0v) is 13.1. The summed E-state index contributed by atoms with van der Waals surface area (Å²) in [5, 5.41) is 0. The average molecular weight is 308 g/mol. The van der Waals surface area contributed by atoms with Crippen molar-refractivity contribution < 1.29 is 9.18 Å². The topological polar surface area (TPSA) is 32.7 Å². The summed E-state index contributed by atoms with van der Waals surface area (Å²) >= 11 is 0. The molecule has 1 heterocycles. The SMILES string of the molecule is CN(C)C=C1CN=C(c2ccccc2F)c2ccccc2C1=O. The second kappa shape index (κ2) is 6.16. The molecule has 0 aromatic heterocycles. The van der Waals surface area contributed by atoms with Crippen LogP contribution >= 0.6 is 0 Å². The number of hydrogen-bond acceptors (Lipinski definition) is 3. The monoisotopic (exact) mass is 308 g/mol. The first kappa shape index (κ1) is 15.2. The zero-order valence-electron chi connectivity index (χ0n) is 13.1. The molecule has 0 radical (unpaired) electrons. The standard InChI is InChI=1S/C19H17FN2O/c1-22(2)12-13-11-21-18(16-9-5-6-10-17(16)20)14-7-3-4-8-15(14)19(13)23/h3-10,12H,11H2,1-2H3. The number of ketones is 1. The third-order valence-electron chi connectivity index (χ3n) is 3.67. The van der Waals surface area contributed by atoms with Crippen LogP contribution in [0.3, 0.4) is 0 Å². The van der Waals surface area contributed by atoms with E-state index in [1.54, 1.807) is 30.5 Å². The Hall–Kier alpha value is -2.75. The van der Waals surface area contributed by atoms with Crippen molar-refractivity contribution >= 4 is 11.5 Å². The van der Waals surface area contributed by atoms with E-state index < -0.39 is 0 Å². The molecule has 0 spiro atoms. The van der Waals surface area contributed by atoms with Crippen LogP contribution in [0.15, 0.2) is 65.3 Å². The van der Waals surface area contributed by atoms with Gasteiger partial charge >= 0.3 is 0 Å². The first-order valence-corrected chi connectivity index (χ1v) is 7.38. The molecule has 4 heteroatoms. The highest BCUT2D eigenvalue weighted by Crippen LogP contribution is 2.24. The maximum Gasteiger partial charge on any atom is 0.193 e. The largest absolute Gasteiger partial charge is 0.383 e. The molecule has 2 aromatic carbocycles. The van der Waals surface area contributed by atoms with E-state index in [1.807, 2.05) is 37.2 Å². The molecule has 116 valence electrons. The molecule has 0 unspecified atom stereocenters. The van der Waals surface area contributed by atoms with Crippen LogP contribution in [0.2, 0.25) is 0 Å². The minimum atomic E-state index is -0.339. The van der Waals surface area contributed by atoms with Gasteiger partial charge in [0.05, 0.1) is 12.3 Å². The van der Waals surface area contributed by atoms with Crippen molar-refractivity contribution in [1.82, 2.24) is 4.90 Å². The molecule has 0 bridgehead atoms. The lowest BCUT2D eigenvalue weighted by molar-refractivity contribution is 0.103. The van der Waals surface area contributed by atoms with Crippen molar-refractivity contribution in [3.05, 3.63) is 82.8 Å². The fourth-order valence-electron chi connectivity index (χ4n) is 2.68. The van der Waals surface area contributed by atoms with Gasteiger partial charge in [-0.2, -0.15) is 0 Å². The van der Waals surface area contributed by atoms with E-state index in [0.29, 0.717) is 28.0 Å². The molecule has 0 amide bonds. The third kappa shape index (κ3) is 2.93. The summed E-state index contributed by atoms with van der Waals surface area (Å²) in [5.41, 5.74) is 2.76. The molecule has 1 aliphatic rings. The van der Waals surface area contributed by atoms with Crippen LogP contribution in [0.5, 0.6) is 0 Å². The summed E-state index contributed by atoms with van der Waals surface area (Å²) in [6, 6.07) is 13.7. The molecular formula is C19H17FN2O. The number of halogens is 1. The second-order valence-corrected chi connectivity index (χ2v) is 5.64. The maximum absolute atomic E-state index is 14.2. The molecule has 0 saturated heterocycles. The van der Waals surface area contributed by atoms with E-state index in [0.717, 1.165) is 0 Å². The molecule has 0 N–H and O–H groups in total. The van der Waals surface area contributed by atoms with Crippen LogP contribution in [0.4, 0.5) is 4.39 Å². The van der Waals surface area contributed by atoms with Gasteiger partial charge in [0.2, 0.25) is 0 Å². The van der Waals surface area contributed by atoms with Gasteiger partial charge in [0.15, 0.2) is 5.78 Å². The highest BCUT2D eigenvalue weighted by molar-refractivity contribution is 6.23. The average Bonchev–Trinajstić information content (AvgIpc) is 2.67. The first-order chi connectivity index (χ1) is 11.1. The highest BCUT2D eigenvalue weighted by atomic mass is 19.1. The number of nitrogens with zero attached hydrogens (tertiary/aromatic N) is 2. The predicted octanol–water partition coefficient (Wildman–Crippen LogP) is 3.30. The minimum absolute atomic E-state index is 0.0654. The van der Waals surface area contributed by atoms with Crippen LogP contribution in [0.1, 0.15) is 21.5 Å². The summed E-state index contributed by atoms with van der Waals surface area (Å²) in [6.07, 6.45) is 1.77. The Labute approximate surface area is 134 Å². The summed E-state index contributed by atoms with van der Waals surface area (Å²) < 4.78 is 14.2. The predicted molar refractivity (Wildman–Crippen MR) is 89.4 cm³/mol. The molecule has 23 heavy (non-hydrogen) atoms. The van der Waals surface area contributed by atoms with Gasteiger partial charge in [-0.1, -0.05) is 36.4 Å². The van der Waals surface area contributed by atoms with Crippen LogP contribution < -0.4 is 0 Å². The van der Waals surface area contributed by atoms with Gasteiger partial charge in [0.25, 0.3) is 0 Å². The molecule has 3 nitrogen and oxygen atoms in total. The van der Waals surface area contributed by atoms with E-state index in [-0.39, 0.29) is 18.1 Å². The van der Waals surface area contributed by atoms with E-state index >= 15 is 0 Å². The number of benzene rings is 2. The van der Waals surface area contributed by atoms with Crippen molar-refractivity contribution in [3.63, 3.8) is 0 Å². The van der Waals surface area contributed by atoms with E-state index in [2.05, 4.69) is 4.99 Å². The normalized spacial score (nSPS) is 15.9. The molecule has 3 rings (SSSR count). The van der Waals surface area contributed by atoms with Crippen LogP contribution in [0, 0.1) is 5.82 Å². The molecule has 0 atom stereocenters. The Kier molecular flexibility index (Phi) is 4.06. The van der Waals surface area contributed by atoms with E-state index in [9.17, 15) is 9.18 Å². The van der Waals surface area contributed by atoms with Crippen molar-refractivity contribution in [1.29, 1.82) is 0 Å². The Balaban J connectivity index is 2.22. The fraction of sp³-hybridized carbons (Fsp3) is 0.158. The highest BCUT2D eigenvalue weighted by Gasteiger charge is 2.24. The van der Waals surface area contributed by atoms with Gasteiger partial charge < -0.3 is 4.90 Å². The quantitative estimate of drug-likeness (QED) is 0.797. The number of carbonyl (C=O) groups excluding carboxylic acids is 1.